The molecule has 0 unspecified atom stereocenters. The van der Waals surface area contributed by atoms with Crippen molar-refractivity contribution in [2.24, 2.45) is 0 Å². The number of hydrogen-bond donors (Lipinski definition) is 0. The number of alkyl halides is 3. The van der Waals surface area contributed by atoms with Gasteiger partial charge in [-0.15, -0.1) is 0 Å². The molecule has 0 bridgehead atoms. The third kappa shape index (κ3) is 2.45. The fourth-order valence-electron chi connectivity index (χ4n) is 1.05. The zero-order valence-corrected chi connectivity index (χ0v) is 8.05. The van der Waals surface area contributed by atoms with Crippen molar-refractivity contribution in [3.05, 3.63) is 23.4 Å². The van der Waals surface area contributed by atoms with E-state index in [1.165, 1.54) is 7.11 Å². The maximum atomic E-state index is 12.4. The molecule has 15 heavy (non-hydrogen) atoms. The Morgan fingerprint density at radius 3 is 2.40 bits per heavy atom. The first-order chi connectivity index (χ1) is 6.86. The van der Waals surface area contributed by atoms with E-state index in [0.29, 0.717) is 0 Å². The van der Waals surface area contributed by atoms with Crippen molar-refractivity contribution in [1.29, 1.82) is 0 Å². The van der Waals surface area contributed by atoms with E-state index in [-0.39, 0.29) is 5.88 Å². The summed E-state index contributed by atoms with van der Waals surface area (Å²) in [6.45, 7) is 1.02. The minimum absolute atomic E-state index is 0.0202. The van der Waals surface area contributed by atoms with Crippen molar-refractivity contribution in [1.82, 2.24) is 4.98 Å². The van der Waals surface area contributed by atoms with Crippen LogP contribution in [-0.2, 0) is 6.18 Å². The smallest absolute Gasteiger partial charge is 0.418 e. The maximum absolute atomic E-state index is 12.4. The molecule has 1 heterocycles. The van der Waals surface area contributed by atoms with Crippen molar-refractivity contribution in [2.45, 2.75) is 13.1 Å². The number of nitrogens with zero attached hydrogens (tertiary/aromatic N) is 1. The first-order valence-electron chi connectivity index (χ1n) is 3.99. The van der Waals surface area contributed by atoms with E-state index >= 15 is 0 Å². The van der Waals surface area contributed by atoms with Crippen LogP contribution in [0.2, 0.25) is 0 Å². The summed E-state index contributed by atoms with van der Waals surface area (Å²) in [5, 5.41) is 0. The summed E-state index contributed by atoms with van der Waals surface area (Å²) in [6.07, 6.45) is -4.58. The Bertz CT molecular complexity index is 387. The average molecular weight is 219 g/mol. The van der Waals surface area contributed by atoms with Gasteiger partial charge in [-0.1, -0.05) is 0 Å². The molecule has 0 spiro atoms. The molecule has 3 nitrogen and oxygen atoms in total. The third-order valence-corrected chi connectivity index (χ3v) is 1.72. The summed E-state index contributed by atoms with van der Waals surface area (Å²) in [4.78, 5) is 14.4. The van der Waals surface area contributed by atoms with Crippen LogP contribution in [0.1, 0.15) is 23.0 Å². The van der Waals surface area contributed by atoms with E-state index in [9.17, 15) is 18.0 Å². The van der Waals surface area contributed by atoms with Crippen LogP contribution in [0.15, 0.2) is 12.1 Å². The van der Waals surface area contributed by atoms with Gasteiger partial charge in [-0.25, -0.2) is 4.98 Å². The maximum Gasteiger partial charge on any atom is 0.418 e. The first kappa shape index (κ1) is 11.5. The highest BCUT2D eigenvalue weighted by Crippen LogP contribution is 2.32. The average Bonchev–Trinajstić information content (AvgIpc) is 2.15. The van der Waals surface area contributed by atoms with E-state index in [4.69, 9.17) is 0 Å². The van der Waals surface area contributed by atoms with Crippen LogP contribution in [0.3, 0.4) is 0 Å². The molecule has 0 N–H and O–H groups in total. The number of hydrogen-bond acceptors (Lipinski definition) is 3. The second-order valence-electron chi connectivity index (χ2n) is 2.80. The number of pyridine rings is 1. The van der Waals surface area contributed by atoms with Gasteiger partial charge in [0.2, 0.25) is 5.88 Å². The fourth-order valence-corrected chi connectivity index (χ4v) is 1.05. The van der Waals surface area contributed by atoms with Crippen molar-refractivity contribution < 1.29 is 22.7 Å². The quantitative estimate of drug-likeness (QED) is 0.716. The minimum atomic E-state index is -4.58. The lowest BCUT2D eigenvalue weighted by Crippen LogP contribution is -2.13. The van der Waals surface area contributed by atoms with E-state index in [0.717, 1.165) is 19.1 Å². The zero-order chi connectivity index (χ0) is 11.6. The highest BCUT2D eigenvalue weighted by atomic mass is 19.4. The van der Waals surface area contributed by atoms with Gasteiger partial charge < -0.3 is 4.74 Å². The highest BCUT2D eigenvalue weighted by Gasteiger charge is 2.35. The van der Waals surface area contributed by atoms with E-state index < -0.39 is 23.2 Å². The number of aromatic nitrogens is 1. The molecule has 0 aromatic carbocycles. The van der Waals surface area contributed by atoms with Crippen molar-refractivity contribution >= 4 is 5.78 Å². The van der Waals surface area contributed by atoms with Crippen molar-refractivity contribution in [3.8, 4) is 5.88 Å². The van der Waals surface area contributed by atoms with Gasteiger partial charge in [0.15, 0.2) is 5.78 Å². The second kappa shape index (κ2) is 3.88. The van der Waals surface area contributed by atoms with Crippen LogP contribution in [-0.4, -0.2) is 17.9 Å². The predicted molar refractivity (Wildman–Crippen MR) is 45.8 cm³/mol. The Morgan fingerprint density at radius 1 is 1.40 bits per heavy atom. The topological polar surface area (TPSA) is 39.2 Å². The molecule has 6 heteroatoms. The molecule has 0 aliphatic carbocycles. The number of halogens is 3. The molecule has 1 rings (SSSR count). The standard InChI is InChI=1S/C9H8F3NO2/c1-5(14)8-6(9(10,11)12)3-4-7(13-8)15-2/h3-4H,1-2H3. The molecule has 0 atom stereocenters. The third-order valence-electron chi connectivity index (χ3n) is 1.72. The summed E-state index contributed by atoms with van der Waals surface area (Å²) >= 11 is 0. The molecule has 1 aromatic heterocycles. The number of carbonyl (C=O) groups is 1. The largest absolute Gasteiger partial charge is 0.481 e. The number of ketones is 1. The first-order valence-corrected chi connectivity index (χ1v) is 3.99. The van der Waals surface area contributed by atoms with Gasteiger partial charge in [-0.2, -0.15) is 13.2 Å². The molecule has 0 aliphatic heterocycles. The van der Waals surface area contributed by atoms with Crippen LogP contribution >= 0.6 is 0 Å². The molecule has 82 valence electrons. The number of rotatable bonds is 2. The Labute approximate surface area is 83.9 Å². The minimum Gasteiger partial charge on any atom is -0.481 e. The van der Waals surface area contributed by atoms with Gasteiger partial charge in [0.05, 0.1) is 12.7 Å². The van der Waals surface area contributed by atoms with E-state index in [2.05, 4.69) is 9.72 Å². The van der Waals surface area contributed by atoms with E-state index in [1.807, 2.05) is 0 Å². The predicted octanol–water partition coefficient (Wildman–Crippen LogP) is 2.31. The summed E-state index contributed by atoms with van der Waals surface area (Å²) in [6, 6.07) is 1.85. The van der Waals surface area contributed by atoms with Gasteiger partial charge in [0.25, 0.3) is 0 Å². The Kier molecular flexibility index (Phi) is 2.97. The van der Waals surface area contributed by atoms with Gasteiger partial charge in [-0.3, -0.25) is 4.79 Å². The highest BCUT2D eigenvalue weighted by molar-refractivity contribution is 5.93. The number of carbonyl (C=O) groups excluding carboxylic acids is 1. The Morgan fingerprint density at radius 2 is 2.00 bits per heavy atom. The lowest BCUT2D eigenvalue weighted by Gasteiger charge is -2.10. The van der Waals surface area contributed by atoms with Crippen molar-refractivity contribution in [3.63, 3.8) is 0 Å². The molecule has 0 saturated carbocycles. The van der Waals surface area contributed by atoms with Gasteiger partial charge in [0.1, 0.15) is 5.69 Å². The van der Waals surface area contributed by atoms with E-state index in [1.54, 1.807) is 0 Å². The fraction of sp³-hybridized carbons (Fsp3) is 0.333. The number of methoxy groups -OCH3 is 1. The van der Waals surface area contributed by atoms with Crippen LogP contribution in [0, 0.1) is 0 Å². The van der Waals surface area contributed by atoms with Crippen LogP contribution in [0.4, 0.5) is 13.2 Å². The van der Waals surface area contributed by atoms with Crippen LogP contribution in [0.25, 0.3) is 0 Å². The molecule has 0 amide bonds. The molecule has 1 aromatic rings. The summed E-state index contributed by atoms with van der Waals surface area (Å²) < 4.78 is 41.9. The molecule has 0 radical (unpaired) electrons. The van der Waals surface area contributed by atoms with Gasteiger partial charge in [-0.05, 0) is 6.07 Å². The lowest BCUT2D eigenvalue weighted by atomic mass is 10.1. The van der Waals surface area contributed by atoms with Crippen LogP contribution in [0.5, 0.6) is 5.88 Å². The monoisotopic (exact) mass is 219 g/mol. The van der Waals surface area contributed by atoms with Gasteiger partial charge in [0, 0.05) is 13.0 Å². The summed E-state index contributed by atoms with van der Waals surface area (Å²) in [5.74, 6) is -0.769. The van der Waals surface area contributed by atoms with Crippen molar-refractivity contribution in [2.75, 3.05) is 7.11 Å². The Balaban J connectivity index is 3.34. The second-order valence-corrected chi connectivity index (χ2v) is 2.80. The molecular weight excluding hydrogens is 211 g/mol. The molecule has 0 saturated heterocycles. The van der Waals surface area contributed by atoms with Gasteiger partial charge >= 0.3 is 6.18 Å². The lowest BCUT2D eigenvalue weighted by molar-refractivity contribution is -0.138. The number of Topliss-reactive ketones (excluding diaryl/α,β-unsaturated/α-hetero) is 1. The Hall–Kier alpha value is -1.59. The summed E-state index contributed by atoms with van der Waals surface area (Å²) in [5.41, 5.74) is -1.67. The zero-order valence-electron chi connectivity index (χ0n) is 8.05. The SMILES string of the molecule is COc1ccc(C(F)(F)F)c(C(C)=O)n1. The number of ether oxygens (including phenoxy) is 1. The molecule has 0 aliphatic rings. The normalized spacial score (nSPS) is 11.3. The van der Waals surface area contributed by atoms with Crippen LogP contribution < -0.4 is 4.74 Å². The molecular formula is C9H8F3NO2. The molecule has 0 fully saturated rings. The summed E-state index contributed by atoms with van der Waals surface area (Å²) in [7, 11) is 1.26.